The smallest absolute Gasteiger partial charge is 0.0126 e. The van der Waals surface area contributed by atoms with Gasteiger partial charge in [0.1, 0.15) is 0 Å². The van der Waals surface area contributed by atoms with Gasteiger partial charge in [0.15, 0.2) is 0 Å². The zero-order chi connectivity index (χ0) is 24.6. The molecule has 0 aliphatic carbocycles. The first-order chi connectivity index (χ1) is 14.6. The largest absolute Gasteiger partial charge is 0.498 e. The second-order valence-corrected chi connectivity index (χ2v) is 13.1. The molecule has 0 bridgehead atoms. The van der Waals surface area contributed by atoms with Crippen LogP contribution in [-0.4, -0.2) is 95.6 Å². The Bertz CT molecular complexity index is 494. The minimum atomic E-state index is 0. The van der Waals surface area contributed by atoms with Gasteiger partial charge in [-0.15, -0.1) is 0 Å². The Hall–Kier alpha value is 0.632. The number of rotatable bonds is 0. The number of likely N-dealkylation sites (tertiary alicyclic amines) is 1. The maximum absolute atomic E-state index is 3.22. The van der Waals surface area contributed by atoms with E-state index in [4.69, 9.17) is 0 Å². The summed E-state index contributed by atoms with van der Waals surface area (Å²) in [5.41, 5.74) is 1.08. The van der Waals surface area contributed by atoms with E-state index in [-0.39, 0.29) is 31.1 Å². The van der Waals surface area contributed by atoms with E-state index in [1.165, 1.54) is 58.7 Å². The van der Waals surface area contributed by atoms with Crippen LogP contribution in [0.5, 0.6) is 0 Å². The summed E-state index contributed by atoms with van der Waals surface area (Å²) in [6.07, 6.45) is 9.22. The molecular formula is C28H57N4U-. The third-order valence-electron chi connectivity index (χ3n) is 7.12. The molecule has 5 heteroatoms. The quantitative estimate of drug-likeness (QED) is 0.317. The first kappa shape index (κ1) is 33.6. The average molecular weight is 688 g/mol. The molecule has 0 saturated carbocycles. The van der Waals surface area contributed by atoms with Gasteiger partial charge in [-0.05, 0) is 114 Å². The van der Waals surface area contributed by atoms with Crippen LogP contribution in [0.3, 0.4) is 0 Å². The predicted molar refractivity (Wildman–Crippen MR) is 142 cm³/mol. The van der Waals surface area contributed by atoms with Crippen molar-refractivity contribution in [1.82, 2.24) is 19.6 Å². The Morgan fingerprint density at radius 2 is 1.06 bits per heavy atom. The normalized spacial score (nSPS) is 22.5. The van der Waals surface area contributed by atoms with Crippen LogP contribution in [0.4, 0.5) is 0 Å². The fourth-order valence-corrected chi connectivity index (χ4v) is 4.33. The van der Waals surface area contributed by atoms with Gasteiger partial charge in [0.25, 0.3) is 0 Å². The Morgan fingerprint density at radius 1 is 0.636 bits per heavy atom. The summed E-state index contributed by atoms with van der Waals surface area (Å²) in [4.78, 5) is 9.99. The van der Waals surface area contributed by atoms with Gasteiger partial charge in [-0.1, -0.05) is 6.92 Å². The molecule has 4 nitrogen and oxygen atoms in total. The summed E-state index contributed by atoms with van der Waals surface area (Å²) in [5.74, 6) is 0.952. The summed E-state index contributed by atoms with van der Waals surface area (Å²) in [6.45, 7) is 32.6. The van der Waals surface area contributed by atoms with E-state index < -0.39 is 0 Å². The third-order valence-corrected chi connectivity index (χ3v) is 7.12. The maximum atomic E-state index is 3.22. The van der Waals surface area contributed by atoms with Gasteiger partial charge in [0.2, 0.25) is 0 Å². The summed E-state index contributed by atoms with van der Waals surface area (Å²) in [7, 11) is 2.19. The first-order valence-corrected chi connectivity index (χ1v) is 13.1. The van der Waals surface area contributed by atoms with E-state index in [9.17, 15) is 0 Å². The van der Waals surface area contributed by atoms with Crippen molar-refractivity contribution in [3.63, 3.8) is 0 Å². The minimum absolute atomic E-state index is 0. The average Bonchev–Trinajstić information content (AvgIpc) is 2.68. The molecule has 0 aromatic carbocycles. The molecule has 2 fully saturated rings. The van der Waals surface area contributed by atoms with Crippen molar-refractivity contribution >= 4 is 0 Å². The molecule has 0 atom stereocenters. The summed E-state index contributed by atoms with van der Waals surface area (Å²) < 4.78 is 0. The van der Waals surface area contributed by atoms with Crippen molar-refractivity contribution < 1.29 is 31.1 Å². The fraction of sp³-hybridized carbons (Fsp3) is 0.929. The molecule has 0 N–H and O–H groups in total. The molecule has 3 aliphatic rings. The van der Waals surface area contributed by atoms with Crippen LogP contribution in [0.2, 0.25) is 0 Å². The summed E-state index contributed by atoms with van der Waals surface area (Å²) in [6, 6.07) is 0. The van der Waals surface area contributed by atoms with Crippen molar-refractivity contribution in [2.75, 3.05) is 59.4 Å². The van der Waals surface area contributed by atoms with Gasteiger partial charge in [-0.25, -0.2) is 0 Å². The van der Waals surface area contributed by atoms with Crippen LogP contribution in [-0.2, 0) is 0 Å². The van der Waals surface area contributed by atoms with Crippen molar-refractivity contribution in [2.45, 2.75) is 105 Å². The molecule has 0 amide bonds. The second kappa shape index (κ2) is 15.0. The third kappa shape index (κ3) is 14.1. The number of likely N-dealkylation sites (N-methyl/N-ethyl adjacent to an activating group) is 1. The van der Waals surface area contributed by atoms with E-state index in [1.807, 2.05) is 0 Å². The van der Waals surface area contributed by atoms with Gasteiger partial charge >= 0.3 is 0 Å². The Morgan fingerprint density at radius 3 is 1.39 bits per heavy atom. The number of nitrogens with zero attached hydrogens (tertiary/aromatic N) is 4. The van der Waals surface area contributed by atoms with E-state index in [1.54, 1.807) is 0 Å². The molecule has 0 aromatic heterocycles. The number of piperidine rings is 1. The van der Waals surface area contributed by atoms with Crippen LogP contribution in [0, 0.1) is 43.1 Å². The number of piperazine rings is 1. The van der Waals surface area contributed by atoms with Crippen LogP contribution in [0.25, 0.3) is 0 Å². The Kier molecular flexibility index (Phi) is 15.3. The maximum Gasteiger partial charge on any atom is 0.0126 e. The molecule has 0 aromatic rings. The monoisotopic (exact) mass is 688 g/mol. The minimum Gasteiger partial charge on any atom is -0.498 e. The predicted octanol–water partition coefficient (Wildman–Crippen LogP) is 5.40. The van der Waals surface area contributed by atoms with Gasteiger partial charge in [-0.2, -0.15) is 6.42 Å². The fourth-order valence-electron chi connectivity index (χ4n) is 4.33. The SMILES string of the molecule is CC(C)(C)N1CC=[C-]CC1.CC1CCN(C(C)(C)C)CC1.CN1CCN(C(C)(C)C)CC1.[U]. The van der Waals surface area contributed by atoms with Crippen molar-refractivity contribution in [3.05, 3.63) is 12.2 Å². The number of hydrogen-bond acceptors (Lipinski definition) is 4. The zero-order valence-corrected chi connectivity index (χ0v) is 28.4. The van der Waals surface area contributed by atoms with Crippen molar-refractivity contribution in [3.8, 4) is 0 Å². The molecule has 0 radical (unpaired) electrons. The van der Waals surface area contributed by atoms with Crippen LogP contribution < -0.4 is 0 Å². The van der Waals surface area contributed by atoms with Crippen LogP contribution in [0.1, 0.15) is 88.5 Å². The van der Waals surface area contributed by atoms with E-state index in [0.29, 0.717) is 16.6 Å². The van der Waals surface area contributed by atoms with Crippen LogP contribution in [0.15, 0.2) is 6.08 Å². The van der Waals surface area contributed by atoms with E-state index >= 15 is 0 Å². The first-order valence-electron chi connectivity index (χ1n) is 13.1. The second-order valence-electron chi connectivity index (χ2n) is 13.1. The van der Waals surface area contributed by atoms with Crippen molar-refractivity contribution in [1.29, 1.82) is 0 Å². The van der Waals surface area contributed by atoms with Gasteiger partial charge in [-0.3, -0.25) is 15.9 Å². The van der Waals surface area contributed by atoms with Gasteiger partial charge in [0.05, 0.1) is 0 Å². The van der Waals surface area contributed by atoms with Crippen LogP contribution >= 0.6 is 0 Å². The topological polar surface area (TPSA) is 13.0 Å². The van der Waals surface area contributed by atoms with E-state index in [2.05, 4.69) is 108 Å². The summed E-state index contributed by atoms with van der Waals surface area (Å²) >= 11 is 0. The standard InChI is InChI=1S/C10H21N.C9H20N2.C9H16N.U/c1-9-5-7-11(8-6-9)10(2,3)4;1-9(2,3)11-7-5-10(4)6-8-11;1-9(2,3)10-7-5-4-6-8-10;/h9H,5-8H2,1-4H3;5-8H2,1-4H3;5H,6-8H2,1-3H3;/q;;-1;. The van der Waals surface area contributed by atoms with E-state index in [0.717, 1.165) is 18.9 Å². The molecule has 0 unspecified atom stereocenters. The molecule has 3 rings (SSSR count). The molecule has 33 heavy (non-hydrogen) atoms. The molecule has 2 saturated heterocycles. The summed E-state index contributed by atoms with van der Waals surface area (Å²) in [5, 5.41) is 0. The van der Waals surface area contributed by atoms with Crippen molar-refractivity contribution in [2.24, 2.45) is 5.92 Å². The van der Waals surface area contributed by atoms with Gasteiger partial charge < -0.3 is 15.9 Å². The molecule has 194 valence electrons. The molecule has 3 heterocycles. The molecule has 3 aliphatic heterocycles. The number of hydrogen-bond donors (Lipinski definition) is 0. The molecular weight excluding hydrogens is 630 g/mol. The Balaban J connectivity index is 0.000000459. The molecule has 0 spiro atoms. The zero-order valence-electron chi connectivity index (χ0n) is 24.2. The van der Waals surface area contributed by atoms with Gasteiger partial charge in [0, 0.05) is 73.9 Å². The Labute approximate surface area is 232 Å².